The summed E-state index contributed by atoms with van der Waals surface area (Å²) in [5, 5.41) is 3.67. The first kappa shape index (κ1) is 13.3. The van der Waals surface area contributed by atoms with Gasteiger partial charge in [0.25, 0.3) is 10.1 Å². The number of hydrogen-bond acceptors (Lipinski definition) is 5. The van der Waals surface area contributed by atoms with E-state index in [9.17, 15) is 8.42 Å². The van der Waals surface area contributed by atoms with Gasteiger partial charge in [-0.05, 0) is 23.7 Å². The monoisotopic (exact) mass is 273 g/mol. The van der Waals surface area contributed by atoms with Crippen molar-refractivity contribution in [1.29, 1.82) is 0 Å². The molecule has 2 rings (SSSR count). The van der Waals surface area contributed by atoms with Crippen molar-refractivity contribution in [2.24, 2.45) is 0 Å². The number of fused-ring (bicyclic) bond motifs is 1. The van der Waals surface area contributed by atoms with Crippen LogP contribution in [-0.4, -0.2) is 52.1 Å². The van der Waals surface area contributed by atoms with E-state index in [0.29, 0.717) is 10.2 Å². The van der Waals surface area contributed by atoms with Crippen LogP contribution in [0.1, 0.15) is 0 Å². The fraction of sp³-hybridized carbons (Fsp3) is 0. The molecule has 0 bridgehead atoms. The fourth-order valence-corrected chi connectivity index (χ4v) is 2.79. The molecule has 0 amide bonds. The van der Waals surface area contributed by atoms with E-state index in [4.69, 9.17) is 16.2 Å². The van der Waals surface area contributed by atoms with Gasteiger partial charge >= 0.3 is 0 Å². The average Bonchev–Trinajstić information content (AvgIpc) is 2.50. The average molecular weight is 274 g/mol. The molecule has 0 atom stereocenters. The van der Waals surface area contributed by atoms with Gasteiger partial charge in [0.2, 0.25) is 0 Å². The zero-order valence-electron chi connectivity index (χ0n) is 7.51. The number of benzene rings is 1. The van der Waals surface area contributed by atoms with Gasteiger partial charge in [-0.3, -0.25) is 4.55 Å². The minimum absolute atomic E-state index is 0. The maximum absolute atomic E-state index is 10.9. The Morgan fingerprint density at radius 1 is 1.40 bits per heavy atom. The van der Waals surface area contributed by atoms with Gasteiger partial charge in [0.1, 0.15) is 10.4 Å². The minimum Gasteiger partial charge on any atom is -0.282 e. The molecule has 0 saturated heterocycles. The maximum Gasteiger partial charge on any atom is 0.296 e. The van der Waals surface area contributed by atoms with E-state index >= 15 is 0 Å². The van der Waals surface area contributed by atoms with Crippen LogP contribution in [0.4, 0.5) is 0 Å². The topological polar surface area (TPSA) is 80.2 Å². The van der Waals surface area contributed by atoms with E-state index in [2.05, 4.69) is 9.59 Å². The van der Waals surface area contributed by atoms with E-state index in [-0.39, 0.29) is 39.5 Å². The molecule has 0 aliphatic heterocycles. The second-order valence-electron chi connectivity index (χ2n) is 2.47. The summed E-state index contributed by atoms with van der Waals surface area (Å²) >= 11 is 6.73. The third-order valence-corrected chi connectivity index (χ3v) is 3.87. The van der Waals surface area contributed by atoms with Crippen molar-refractivity contribution in [3.63, 3.8) is 0 Å². The SMILES string of the molecule is O=S(=O)(O)c1ccc2nnsc2c1Cl.[Na]. The van der Waals surface area contributed by atoms with Gasteiger partial charge in [0.05, 0.1) is 9.72 Å². The molecule has 1 heterocycles. The molecule has 1 N–H and O–H groups in total. The van der Waals surface area contributed by atoms with Crippen LogP contribution in [0.5, 0.6) is 0 Å². The summed E-state index contributed by atoms with van der Waals surface area (Å²) < 4.78 is 34.6. The van der Waals surface area contributed by atoms with Gasteiger partial charge in [0.15, 0.2) is 0 Å². The van der Waals surface area contributed by atoms with Gasteiger partial charge in [-0.15, -0.1) is 5.10 Å². The third-order valence-electron chi connectivity index (χ3n) is 1.60. The van der Waals surface area contributed by atoms with Crippen LogP contribution in [-0.2, 0) is 10.1 Å². The van der Waals surface area contributed by atoms with E-state index in [1.165, 1.54) is 12.1 Å². The van der Waals surface area contributed by atoms with Gasteiger partial charge in [0, 0.05) is 29.6 Å². The predicted molar refractivity (Wildman–Crippen MR) is 58.0 cm³/mol. The van der Waals surface area contributed by atoms with Crippen LogP contribution in [0.2, 0.25) is 5.02 Å². The molecule has 0 fully saturated rings. The Morgan fingerprint density at radius 3 is 2.67 bits per heavy atom. The van der Waals surface area contributed by atoms with E-state index in [1.54, 1.807) is 0 Å². The summed E-state index contributed by atoms with van der Waals surface area (Å²) in [6, 6.07) is 2.63. The number of hydrogen-bond donors (Lipinski definition) is 1. The van der Waals surface area contributed by atoms with E-state index < -0.39 is 10.1 Å². The van der Waals surface area contributed by atoms with Crippen molar-refractivity contribution in [1.82, 2.24) is 9.59 Å². The van der Waals surface area contributed by atoms with Crippen LogP contribution >= 0.6 is 23.1 Å². The van der Waals surface area contributed by atoms with Crippen LogP contribution in [0, 0.1) is 0 Å². The van der Waals surface area contributed by atoms with Crippen molar-refractivity contribution in [2.75, 3.05) is 0 Å². The Hall–Kier alpha value is 0.240. The molecule has 0 unspecified atom stereocenters. The second-order valence-corrected chi connectivity index (χ2v) is 5.00. The van der Waals surface area contributed by atoms with E-state index in [0.717, 1.165) is 11.5 Å². The van der Waals surface area contributed by atoms with E-state index in [1.807, 2.05) is 0 Å². The Morgan fingerprint density at radius 2 is 2.07 bits per heavy atom. The Kier molecular flexibility index (Phi) is 4.10. The minimum atomic E-state index is -4.28. The first-order valence-electron chi connectivity index (χ1n) is 3.38. The first-order valence-corrected chi connectivity index (χ1v) is 5.97. The molecule has 2 aromatic rings. The van der Waals surface area contributed by atoms with Crippen molar-refractivity contribution in [3.8, 4) is 0 Å². The zero-order valence-corrected chi connectivity index (χ0v) is 11.9. The molecule has 0 saturated carbocycles. The number of halogens is 1. The fourth-order valence-electron chi connectivity index (χ4n) is 0.998. The zero-order chi connectivity index (χ0) is 10.3. The summed E-state index contributed by atoms with van der Waals surface area (Å²) in [6.45, 7) is 0. The Bertz CT molecular complexity index is 597. The standard InChI is InChI=1S/C6H3ClN2O3S2.Na/c7-5-4(14(10,11)12)2-1-3-6(5)13-9-8-3;/h1-2H,(H,10,11,12);. The molecule has 0 spiro atoms. The molecule has 1 aromatic carbocycles. The van der Waals surface area contributed by atoms with Crippen LogP contribution < -0.4 is 0 Å². The van der Waals surface area contributed by atoms with Gasteiger partial charge in [-0.2, -0.15) is 8.42 Å². The quantitative estimate of drug-likeness (QED) is 0.624. The van der Waals surface area contributed by atoms with Crippen molar-refractivity contribution in [2.45, 2.75) is 4.90 Å². The molecule has 15 heavy (non-hydrogen) atoms. The summed E-state index contributed by atoms with van der Waals surface area (Å²) in [7, 11) is -4.28. The van der Waals surface area contributed by atoms with Crippen LogP contribution in [0.3, 0.4) is 0 Å². The molecule has 9 heteroatoms. The summed E-state index contributed by atoms with van der Waals surface area (Å²) in [5.41, 5.74) is 0.507. The maximum atomic E-state index is 10.9. The third kappa shape index (κ3) is 2.50. The first-order chi connectivity index (χ1) is 6.50. The van der Waals surface area contributed by atoms with Gasteiger partial charge < -0.3 is 0 Å². The summed E-state index contributed by atoms with van der Waals surface area (Å²) in [5.74, 6) is 0. The molecule has 5 nitrogen and oxygen atoms in total. The Labute approximate surface area is 117 Å². The van der Waals surface area contributed by atoms with Crippen LogP contribution in [0.15, 0.2) is 17.0 Å². The molecule has 1 aromatic heterocycles. The molecule has 0 aliphatic carbocycles. The number of rotatable bonds is 1. The molecule has 0 aliphatic rings. The summed E-state index contributed by atoms with van der Waals surface area (Å²) in [4.78, 5) is -0.322. The molecule has 75 valence electrons. The van der Waals surface area contributed by atoms with Gasteiger partial charge in [-0.1, -0.05) is 16.1 Å². The van der Waals surface area contributed by atoms with Crippen molar-refractivity contribution in [3.05, 3.63) is 17.2 Å². The second kappa shape index (κ2) is 4.62. The van der Waals surface area contributed by atoms with Crippen LogP contribution in [0.25, 0.3) is 10.2 Å². The Balaban J connectivity index is 0.00000112. The molecular formula is C6H3ClN2NaO3S2. The van der Waals surface area contributed by atoms with Crippen molar-refractivity contribution >= 4 is 73.0 Å². The normalized spacial score (nSPS) is 11.3. The molecular weight excluding hydrogens is 271 g/mol. The van der Waals surface area contributed by atoms with Gasteiger partial charge in [-0.25, -0.2) is 0 Å². The predicted octanol–water partition coefficient (Wildman–Crippen LogP) is 1.21. The van der Waals surface area contributed by atoms with Crippen molar-refractivity contribution < 1.29 is 13.0 Å². The molecule has 1 radical (unpaired) electrons. The largest absolute Gasteiger partial charge is 0.296 e. The smallest absolute Gasteiger partial charge is 0.282 e. The number of nitrogens with zero attached hydrogens (tertiary/aromatic N) is 2. The number of aromatic nitrogens is 2. The summed E-state index contributed by atoms with van der Waals surface area (Å²) in [6.07, 6.45) is 0.